The summed E-state index contributed by atoms with van der Waals surface area (Å²) in [5.41, 5.74) is 0. The van der Waals surface area contributed by atoms with Gasteiger partial charge in [-0.3, -0.25) is 0 Å². The summed E-state index contributed by atoms with van der Waals surface area (Å²) in [6.07, 6.45) is 2.65. The van der Waals surface area contributed by atoms with E-state index in [1.54, 1.807) is 12.1 Å². The molecule has 0 saturated heterocycles. The van der Waals surface area contributed by atoms with E-state index in [1.807, 2.05) is 13.8 Å². The molecule has 0 aliphatic rings. The summed E-state index contributed by atoms with van der Waals surface area (Å²) in [4.78, 5) is 24.5. The molecule has 1 rings (SSSR count). The largest absolute Gasteiger partial charge is 0.480 e. The molecule has 0 unspecified atom stereocenters. The number of furan rings is 1. The lowest BCUT2D eigenvalue weighted by Crippen LogP contribution is -2.47. The Balaban J connectivity index is 2.59. The predicted molar refractivity (Wildman–Crippen MR) is 69.7 cm³/mol. The maximum Gasteiger partial charge on any atom is 0.326 e. The second-order valence-corrected chi connectivity index (χ2v) is 4.22. The van der Waals surface area contributed by atoms with E-state index in [0.29, 0.717) is 31.7 Å². The van der Waals surface area contributed by atoms with Crippen LogP contribution in [0.25, 0.3) is 0 Å². The highest BCUT2D eigenvalue weighted by atomic mass is 16.4. The second kappa shape index (κ2) is 7.45. The first-order valence-corrected chi connectivity index (χ1v) is 6.39. The number of aliphatic carboxylic acids is 1. The van der Waals surface area contributed by atoms with Gasteiger partial charge in [0.25, 0.3) is 0 Å². The van der Waals surface area contributed by atoms with Crippen molar-refractivity contribution in [1.29, 1.82) is 0 Å². The number of rotatable bonds is 7. The fourth-order valence-corrected chi connectivity index (χ4v) is 1.70. The van der Waals surface area contributed by atoms with E-state index in [0.717, 1.165) is 0 Å². The number of carbonyl (C=O) groups is 2. The van der Waals surface area contributed by atoms with Gasteiger partial charge < -0.3 is 19.7 Å². The van der Waals surface area contributed by atoms with Gasteiger partial charge in [-0.2, -0.15) is 0 Å². The highest BCUT2D eigenvalue weighted by molar-refractivity contribution is 5.82. The van der Waals surface area contributed by atoms with Gasteiger partial charge in [-0.15, -0.1) is 0 Å². The SMILES string of the molecule is CCC[C@H](NC(=O)N(CC)Cc1ccco1)C(=O)O. The van der Waals surface area contributed by atoms with Crippen LogP contribution in [-0.4, -0.2) is 34.6 Å². The average molecular weight is 268 g/mol. The number of carbonyl (C=O) groups excluding carboxylic acids is 1. The van der Waals surface area contributed by atoms with E-state index in [9.17, 15) is 9.59 Å². The van der Waals surface area contributed by atoms with Crippen molar-refractivity contribution in [2.75, 3.05) is 6.54 Å². The summed E-state index contributed by atoms with van der Waals surface area (Å²) < 4.78 is 5.18. The normalized spacial score (nSPS) is 11.9. The number of carboxylic acids is 1. The summed E-state index contributed by atoms with van der Waals surface area (Å²) in [5, 5.41) is 11.5. The van der Waals surface area contributed by atoms with Gasteiger partial charge in [0.05, 0.1) is 12.8 Å². The number of carboxylic acid groups (broad SMARTS) is 1. The van der Waals surface area contributed by atoms with E-state index in [-0.39, 0.29) is 6.03 Å². The lowest BCUT2D eigenvalue weighted by Gasteiger charge is -2.23. The molecule has 2 N–H and O–H groups in total. The molecule has 0 aliphatic heterocycles. The Bertz CT molecular complexity index is 403. The molecular weight excluding hydrogens is 248 g/mol. The molecule has 0 aliphatic carbocycles. The molecule has 0 saturated carbocycles. The third kappa shape index (κ3) is 4.65. The zero-order chi connectivity index (χ0) is 14.3. The molecule has 1 aromatic heterocycles. The number of hydrogen-bond acceptors (Lipinski definition) is 3. The smallest absolute Gasteiger partial charge is 0.326 e. The van der Waals surface area contributed by atoms with E-state index >= 15 is 0 Å². The molecule has 19 heavy (non-hydrogen) atoms. The van der Waals surface area contributed by atoms with E-state index in [4.69, 9.17) is 9.52 Å². The fourth-order valence-electron chi connectivity index (χ4n) is 1.70. The van der Waals surface area contributed by atoms with Gasteiger partial charge >= 0.3 is 12.0 Å². The summed E-state index contributed by atoms with van der Waals surface area (Å²) >= 11 is 0. The van der Waals surface area contributed by atoms with Crippen molar-refractivity contribution < 1.29 is 19.1 Å². The average Bonchev–Trinajstić information content (AvgIpc) is 2.87. The molecule has 6 heteroatoms. The van der Waals surface area contributed by atoms with Crippen LogP contribution in [0.15, 0.2) is 22.8 Å². The Labute approximate surface area is 112 Å². The molecule has 106 valence electrons. The van der Waals surface area contributed by atoms with Crippen molar-refractivity contribution in [3.8, 4) is 0 Å². The summed E-state index contributed by atoms with van der Waals surface area (Å²) in [6, 6.07) is 2.29. The van der Waals surface area contributed by atoms with Gasteiger partial charge in [0.15, 0.2) is 0 Å². The van der Waals surface area contributed by atoms with E-state index in [1.165, 1.54) is 11.2 Å². The standard InChI is InChI=1S/C13H20N2O4/c1-3-6-11(12(16)17)14-13(18)15(4-2)9-10-7-5-8-19-10/h5,7-8,11H,3-4,6,9H2,1-2H3,(H,14,18)(H,16,17)/t11-/m0/s1. The molecule has 2 amide bonds. The Morgan fingerprint density at radius 1 is 1.47 bits per heavy atom. The zero-order valence-electron chi connectivity index (χ0n) is 11.3. The highest BCUT2D eigenvalue weighted by Gasteiger charge is 2.22. The van der Waals surface area contributed by atoms with Gasteiger partial charge in [0.1, 0.15) is 11.8 Å². The van der Waals surface area contributed by atoms with Crippen LogP contribution < -0.4 is 5.32 Å². The maximum absolute atomic E-state index is 12.0. The van der Waals surface area contributed by atoms with Crippen molar-refractivity contribution in [1.82, 2.24) is 10.2 Å². The topological polar surface area (TPSA) is 82.8 Å². The number of amides is 2. The Hall–Kier alpha value is -1.98. The van der Waals surface area contributed by atoms with Gasteiger partial charge in [0.2, 0.25) is 0 Å². The first-order chi connectivity index (χ1) is 9.08. The minimum Gasteiger partial charge on any atom is -0.480 e. The van der Waals surface area contributed by atoms with Crippen LogP contribution in [-0.2, 0) is 11.3 Å². The van der Waals surface area contributed by atoms with E-state index in [2.05, 4.69) is 5.32 Å². The quantitative estimate of drug-likeness (QED) is 0.793. The molecule has 1 aromatic rings. The number of urea groups is 1. The number of hydrogen-bond donors (Lipinski definition) is 2. The lowest BCUT2D eigenvalue weighted by atomic mass is 10.2. The zero-order valence-corrected chi connectivity index (χ0v) is 11.3. The molecular formula is C13H20N2O4. The fraction of sp³-hybridized carbons (Fsp3) is 0.538. The summed E-state index contributed by atoms with van der Waals surface area (Å²) in [7, 11) is 0. The molecule has 1 heterocycles. The third-order valence-corrected chi connectivity index (χ3v) is 2.77. The van der Waals surface area contributed by atoms with Crippen molar-refractivity contribution >= 4 is 12.0 Å². The van der Waals surface area contributed by atoms with Gasteiger partial charge in [-0.1, -0.05) is 13.3 Å². The van der Waals surface area contributed by atoms with Crippen LogP contribution in [0.5, 0.6) is 0 Å². The maximum atomic E-state index is 12.0. The Kier molecular flexibility index (Phi) is 5.92. The third-order valence-electron chi connectivity index (χ3n) is 2.77. The molecule has 6 nitrogen and oxygen atoms in total. The summed E-state index contributed by atoms with van der Waals surface area (Å²) in [6.45, 7) is 4.51. The first-order valence-electron chi connectivity index (χ1n) is 6.39. The van der Waals surface area contributed by atoms with Crippen molar-refractivity contribution in [3.05, 3.63) is 24.2 Å². The molecule has 0 fully saturated rings. The summed E-state index contributed by atoms with van der Waals surface area (Å²) in [5.74, 6) is -0.344. The predicted octanol–water partition coefficient (Wildman–Crippen LogP) is 2.06. The van der Waals surface area contributed by atoms with Crippen LogP contribution in [0.3, 0.4) is 0 Å². The minimum absolute atomic E-state index is 0.327. The van der Waals surface area contributed by atoms with Crippen LogP contribution in [0.1, 0.15) is 32.4 Å². The Morgan fingerprint density at radius 2 is 2.21 bits per heavy atom. The number of nitrogens with one attached hydrogen (secondary N) is 1. The van der Waals surface area contributed by atoms with Crippen LogP contribution in [0, 0.1) is 0 Å². The van der Waals surface area contributed by atoms with Gasteiger partial charge in [-0.25, -0.2) is 9.59 Å². The molecule has 0 radical (unpaired) electrons. The molecule has 0 bridgehead atoms. The van der Waals surface area contributed by atoms with Crippen molar-refractivity contribution in [2.24, 2.45) is 0 Å². The minimum atomic E-state index is -1.01. The van der Waals surface area contributed by atoms with Crippen molar-refractivity contribution in [2.45, 2.75) is 39.3 Å². The monoisotopic (exact) mass is 268 g/mol. The second-order valence-electron chi connectivity index (χ2n) is 4.22. The van der Waals surface area contributed by atoms with Crippen molar-refractivity contribution in [3.63, 3.8) is 0 Å². The first kappa shape index (κ1) is 15.1. The Morgan fingerprint density at radius 3 is 2.68 bits per heavy atom. The van der Waals surface area contributed by atoms with Crippen LogP contribution >= 0.6 is 0 Å². The van der Waals surface area contributed by atoms with E-state index < -0.39 is 12.0 Å². The van der Waals surface area contributed by atoms with Crippen LogP contribution in [0.4, 0.5) is 4.79 Å². The number of nitrogens with zero attached hydrogens (tertiary/aromatic N) is 1. The van der Waals surface area contributed by atoms with Gasteiger partial charge in [-0.05, 0) is 25.5 Å². The molecule has 1 atom stereocenters. The highest BCUT2D eigenvalue weighted by Crippen LogP contribution is 2.06. The lowest BCUT2D eigenvalue weighted by molar-refractivity contribution is -0.139. The van der Waals surface area contributed by atoms with Gasteiger partial charge in [0, 0.05) is 6.54 Å². The van der Waals surface area contributed by atoms with Crippen LogP contribution in [0.2, 0.25) is 0 Å². The molecule has 0 spiro atoms. The molecule has 0 aromatic carbocycles.